The van der Waals surface area contributed by atoms with E-state index in [1.54, 1.807) is 28.4 Å². The van der Waals surface area contributed by atoms with E-state index in [1.807, 2.05) is 47.8 Å². The van der Waals surface area contributed by atoms with Crippen LogP contribution < -0.4 is 9.64 Å². The predicted molar refractivity (Wildman–Crippen MR) is 95.6 cm³/mol. The summed E-state index contributed by atoms with van der Waals surface area (Å²) < 4.78 is 5.55. The van der Waals surface area contributed by atoms with Crippen LogP contribution in [0.25, 0.3) is 0 Å². The van der Waals surface area contributed by atoms with Gasteiger partial charge in [-0.3, -0.25) is 4.79 Å². The number of thiophene rings is 1. The Morgan fingerprint density at radius 2 is 1.75 bits per heavy atom. The Bertz CT molecular complexity index is 770. The maximum Gasteiger partial charge on any atom is 0.265 e. The van der Waals surface area contributed by atoms with Gasteiger partial charge in [0.15, 0.2) is 6.61 Å². The number of aromatic hydroxyl groups is 1. The molecule has 0 aliphatic carbocycles. The first-order chi connectivity index (χ1) is 11.7. The average Bonchev–Trinajstić information content (AvgIpc) is 3.13. The number of nitrogens with zero attached hydrogens (tertiary/aromatic N) is 1. The summed E-state index contributed by atoms with van der Waals surface area (Å²) in [5.74, 6) is 0.588. The third kappa shape index (κ3) is 4.14. The van der Waals surface area contributed by atoms with Crippen LogP contribution in [0.5, 0.6) is 11.5 Å². The molecule has 1 aromatic heterocycles. The quantitative estimate of drug-likeness (QED) is 0.736. The van der Waals surface area contributed by atoms with E-state index in [4.69, 9.17) is 4.74 Å². The minimum Gasteiger partial charge on any atom is -0.508 e. The van der Waals surface area contributed by atoms with Gasteiger partial charge in [0, 0.05) is 10.6 Å². The summed E-state index contributed by atoms with van der Waals surface area (Å²) in [5.41, 5.74) is 0.838. The van der Waals surface area contributed by atoms with Gasteiger partial charge in [-0.15, -0.1) is 11.3 Å². The second-order valence-corrected chi connectivity index (χ2v) is 6.21. The molecule has 1 amide bonds. The lowest BCUT2D eigenvalue weighted by Crippen LogP contribution is -2.34. The molecule has 0 atom stereocenters. The molecule has 0 aliphatic rings. The first-order valence-electron chi connectivity index (χ1n) is 7.52. The predicted octanol–water partition coefficient (Wildman–Crippen LogP) is 4.07. The van der Waals surface area contributed by atoms with Gasteiger partial charge in [0.05, 0.1) is 6.54 Å². The lowest BCUT2D eigenvalue weighted by molar-refractivity contribution is -0.120. The van der Waals surface area contributed by atoms with Crippen LogP contribution in [-0.2, 0) is 11.3 Å². The Morgan fingerprint density at radius 1 is 1.00 bits per heavy atom. The van der Waals surface area contributed by atoms with Crippen LogP contribution in [0.1, 0.15) is 4.88 Å². The topological polar surface area (TPSA) is 49.8 Å². The molecule has 1 N–H and O–H groups in total. The maximum absolute atomic E-state index is 12.7. The number of para-hydroxylation sites is 1. The van der Waals surface area contributed by atoms with Crippen molar-refractivity contribution < 1.29 is 14.6 Å². The van der Waals surface area contributed by atoms with Gasteiger partial charge >= 0.3 is 0 Å². The monoisotopic (exact) mass is 339 g/mol. The molecule has 2 aromatic carbocycles. The zero-order valence-corrected chi connectivity index (χ0v) is 13.8. The van der Waals surface area contributed by atoms with Crippen molar-refractivity contribution in [2.45, 2.75) is 6.54 Å². The smallest absolute Gasteiger partial charge is 0.265 e. The SMILES string of the molecule is O=C(COc1ccc(O)cc1)N(Cc1cccs1)c1ccccc1. The van der Waals surface area contributed by atoms with Gasteiger partial charge in [0.1, 0.15) is 11.5 Å². The third-order valence-corrected chi connectivity index (χ3v) is 4.32. The molecule has 4 nitrogen and oxygen atoms in total. The fourth-order valence-corrected chi connectivity index (χ4v) is 2.95. The number of carbonyl (C=O) groups is 1. The molecule has 24 heavy (non-hydrogen) atoms. The van der Waals surface area contributed by atoms with Gasteiger partial charge in [-0.1, -0.05) is 24.3 Å². The first kappa shape index (κ1) is 16.1. The van der Waals surface area contributed by atoms with Gasteiger partial charge < -0.3 is 14.7 Å². The summed E-state index contributed by atoms with van der Waals surface area (Å²) in [7, 11) is 0. The van der Waals surface area contributed by atoms with Crippen LogP contribution in [0.3, 0.4) is 0 Å². The molecule has 0 fully saturated rings. The summed E-state index contributed by atoms with van der Waals surface area (Å²) in [5, 5.41) is 11.3. The van der Waals surface area contributed by atoms with Gasteiger partial charge in [-0.2, -0.15) is 0 Å². The van der Waals surface area contributed by atoms with E-state index >= 15 is 0 Å². The Morgan fingerprint density at radius 3 is 2.42 bits per heavy atom. The summed E-state index contributed by atoms with van der Waals surface area (Å²) >= 11 is 1.62. The molecule has 0 bridgehead atoms. The van der Waals surface area contributed by atoms with Crippen molar-refractivity contribution in [3.8, 4) is 11.5 Å². The van der Waals surface area contributed by atoms with Crippen molar-refractivity contribution in [3.05, 3.63) is 77.0 Å². The number of ether oxygens (including phenoxy) is 1. The standard InChI is InChI=1S/C19H17NO3S/c21-16-8-10-17(11-9-16)23-14-19(22)20(13-18-7-4-12-24-18)15-5-2-1-3-6-15/h1-12,21H,13-14H2. The molecule has 0 aliphatic heterocycles. The van der Waals surface area contributed by atoms with Crippen LogP contribution in [0.2, 0.25) is 0 Å². The molecular formula is C19H17NO3S. The van der Waals surface area contributed by atoms with Crippen LogP contribution in [0.4, 0.5) is 5.69 Å². The molecule has 3 rings (SSSR count). The number of rotatable bonds is 6. The molecule has 0 spiro atoms. The Hall–Kier alpha value is -2.79. The van der Waals surface area contributed by atoms with E-state index in [1.165, 1.54) is 12.1 Å². The number of hydrogen-bond acceptors (Lipinski definition) is 4. The highest BCUT2D eigenvalue weighted by molar-refractivity contribution is 7.09. The highest BCUT2D eigenvalue weighted by Gasteiger charge is 2.17. The highest BCUT2D eigenvalue weighted by atomic mass is 32.1. The highest BCUT2D eigenvalue weighted by Crippen LogP contribution is 2.21. The van der Waals surface area contributed by atoms with Gasteiger partial charge in [-0.05, 0) is 47.8 Å². The lowest BCUT2D eigenvalue weighted by Gasteiger charge is -2.22. The largest absolute Gasteiger partial charge is 0.508 e. The molecule has 0 saturated carbocycles. The van der Waals surface area contributed by atoms with E-state index in [-0.39, 0.29) is 18.3 Å². The maximum atomic E-state index is 12.7. The van der Waals surface area contributed by atoms with Crippen LogP contribution in [-0.4, -0.2) is 17.6 Å². The number of hydrogen-bond donors (Lipinski definition) is 1. The van der Waals surface area contributed by atoms with Crippen molar-refractivity contribution in [1.82, 2.24) is 0 Å². The van der Waals surface area contributed by atoms with Crippen molar-refractivity contribution >= 4 is 22.9 Å². The van der Waals surface area contributed by atoms with Crippen LogP contribution in [0.15, 0.2) is 72.1 Å². The number of phenols is 1. The van der Waals surface area contributed by atoms with E-state index in [9.17, 15) is 9.90 Å². The second kappa shape index (κ2) is 7.66. The number of amides is 1. The fourth-order valence-electron chi connectivity index (χ4n) is 2.26. The van der Waals surface area contributed by atoms with Crippen molar-refractivity contribution in [3.63, 3.8) is 0 Å². The summed E-state index contributed by atoms with van der Waals surface area (Å²) in [6.07, 6.45) is 0. The van der Waals surface area contributed by atoms with E-state index < -0.39 is 0 Å². The summed E-state index contributed by atoms with van der Waals surface area (Å²) in [4.78, 5) is 15.5. The lowest BCUT2D eigenvalue weighted by atomic mass is 10.2. The zero-order chi connectivity index (χ0) is 16.8. The van der Waals surface area contributed by atoms with Crippen LogP contribution in [0, 0.1) is 0 Å². The number of carbonyl (C=O) groups excluding carboxylic acids is 1. The minimum absolute atomic E-state index is 0.0644. The number of phenolic OH excluding ortho intramolecular Hbond substituents is 1. The normalized spacial score (nSPS) is 10.3. The second-order valence-electron chi connectivity index (χ2n) is 5.18. The van der Waals surface area contributed by atoms with Crippen molar-refractivity contribution in [1.29, 1.82) is 0 Å². The minimum atomic E-state index is -0.123. The Labute approximate surface area is 144 Å². The molecule has 1 heterocycles. The molecule has 0 unspecified atom stereocenters. The molecule has 3 aromatic rings. The summed E-state index contributed by atoms with van der Waals surface area (Å²) in [6, 6.07) is 19.9. The average molecular weight is 339 g/mol. The van der Waals surface area contributed by atoms with E-state index in [0.29, 0.717) is 12.3 Å². The van der Waals surface area contributed by atoms with Gasteiger partial charge in [0.25, 0.3) is 5.91 Å². The Balaban J connectivity index is 1.72. The summed E-state index contributed by atoms with van der Waals surface area (Å²) in [6.45, 7) is 0.449. The first-order valence-corrected chi connectivity index (χ1v) is 8.40. The molecule has 0 radical (unpaired) electrons. The van der Waals surface area contributed by atoms with Crippen LogP contribution >= 0.6 is 11.3 Å². The third-order valence-electron chi connectivity index (χ3n) is 3.46. The van der Waals surface area contributed by atoms with E-state index in [0.717, 1.165) is 10.6 Å². The van der Waals surface area contributed by atoms with Crippen molar-refractivity contribution in [2.75, 3.05) is 11.5 Å². The van der Waals surface area contributed by atoms with E-state index in [2.05, 4.69) is 0 Å². The molecule has 122 valence electrons. The fraction of sp³-hybridized carbons (Fsp3) is 0.105. The molecule has 5 heteroatoms. The molecular weight excluding hydrogens is 322 g/mol. The number of anilines is 1. The van der Waals surface area contributed by atoms with Crippen molar-refractivity contribution in [2.24, 2.45) is 0 Å². The Kier molecular flexibility index (Phi) is 5.13. The van der Waals surface area contributed by atoms with Gasteiger partial charge in [-0.25, -0.2) is 0 Å². The molecule has 0 saturated heterocycles. The number of benzene rings is 2. The van der Waals surface area contributed by atoms with Gasteiger partial charge in [0.2, 0.25) is 0 Å². The zero-order valence-electron chi connectivity index (χ0n) is 13.0.